The normalized spacial score (nSPS) is 12.3. The van der Waals surface area contributed by atoms with Gasteiger partial charge in [0.25, 0.3) is 0 Å². The molecule has 0 amide bonds. The Balaban J connectivity index is 1.91. The molecule has 1 atom stereocenters. The van der Waals surface area contributed by atoms with E-state index in [0.717, 1.165) is 0 Å². The predicted octanol–water partition coefficient (Wildman–Crippen LogP) is 3.97. The van der Waals surface area contributed by atoms with Gasteiger partial charge in [0.15, 0.2) is 5.60 Å². The second-order valence-electron chi connectivity index (χ2n) is 6.23. The molecule has 0 bridgehead atoms. The van der Waals surface area contributed by atoms with E-state index < -0.39 is 11.6 Å². The van der Waals surface area contributed by atoms with E-state index in [0.29, 0.717) is 22.6 Å². The third-order valence-electron chi connectivity index (χ3n) is 4.44. The topological polar surface area (TPSA) is 104 Å². The van der Waals surface area contributed by atoms with Crippen molar-refractivity contribution in [3.05, 3.63) is 72.1 Å². The second-order valence-corrected chi connectivity index (χ2v) is 6.23. The highest BCUT2D eigenvalue weighted by molar-refractivity contribution is 5.82. The smallest absolute Gasteiger partial charge is 0.342 e. The second kappa shape index (κ2) is 9.03. The zero-order valence-corrected chi connectivity index (χ0v) is 16.7. The molecule has 1 heterocycles. The lowest BCUT2D eigenvalue weighted by molar-refractivity contribution is -0.165. The summed E-state index contributed by atoms with van der Waals surface area (Å²) in [6.45, 7) is 1.59. The fourth-order valence-electron chi connectivity index (χ4n) is 2.76. The first kappa shape index (κ1) is 20.8. The zero-order chi connectivity index (χ0) is 21.6. The molecule has 0 aliphatic rings. The van der Waals surface area contributed by atoms with Crippen molar-refractivity contribution in [2.75, 3.05) is 14.2 Å². The lowest BCUT2D eigenvalue weighted by Crippen LogP contribution is -2.36. The van der Waals surface area contributed by atoms with Crippen LogP contribution in [0.5, 0.6) is 23.3 Å². The molecule has 2 aromatic carbocycles. The van der Waals surface area contributed by atoms with Crippen LogP contribution in [0.1, 0.15) is 18.1 Å². The van der Waals surface area contributed by atoms with E-state index in [9.17, 15) is 10.1 Å². The van der Waals surface area contributed by atoms with Crippen molar-refractivity contribution >= 4 is 5.97 Å². The molecule has 0 saturated carbocycles. The van der Waals surface area contributed by atoms with Crippen LogP contribution in [-0.4, -0.2) is 30.2 Å². The van der Waals surface area contributed by atoms with Gasteiger partial charge in [0.2, 0.25) is 11.8 Å². The Kier molecular flexibility index (Phi) is 6.25. The number of para-hydroxylation sites is 2. The number of aromatic nitrogens is 2. The number of hydrogen-bond acceptors (Lipinski definition) is 8. The maximum atomic E-state index is 12.3. The molecule has 152 valence electrons. The standard InChI is InChI=1S/C22H19N3O5/c1-22(28-3,21(26)27-2)16-9-5-7-11-18(16)30-20-12-19(24-14-25-20)29-17-10-6-4-8-15(17)13-23/h4-12,14H,1-3H3. The Morgan fingerprint density at radius 1 is 0.967 bits per heavy atom. The average molecular weight is 405 g/mol. The number of methoxy groups -OCH3 is 2. The van der Waals surface area contributed by atoms with E-state index in [1.807, 2.05) is 0 Å². The van der Waals surface area contributed by atoms with E-state index in [2.05, 4.69) is 16.0 Å². The molecule has 8 heteroatoms. The Morgan fingerprint density at radius 2 is 1.57 bits per heavy atom. The summed E-state index contributed by atoms with van der Waals surface area (Å²) in [6, 6.07) is 17.2. The molecular formula is C22H19N3O5. The number of hydrogen-bond donors (Lipinski definition) is 0. The van der Waals surface area contributed by atoms with Gasteiger partial charge in [-0.25, -0.2) is 14.8 Å². The Hall–Kier alpha value is -3.96. The third-order valence-corrected chi connectivity index (χ3v) is 4.44. The maximum absolute atomic E-state index is 12.3. The van der Waals surface area contributed by atoms with Crippen molar-refractivity contribution in [1.29, 1.82) is 5.26 Å². The van der Waals surface area contributed by atoms with E-state index in [-0.39, 0.29) is 11.8 Å². The number of rotatable bonds is 7. The minimum atomic E-state index is -1.37. The largest absolute Gasteiger partial charge is 0.467 e. The summed E-state index contributed by atoms with van der Waals surface area (Å²) in [4.78, 5) is 20.5. The van der Waals surface area contributed by atoms with E-state index in [1.165, 1.54) is 26.6 Å². The fourth-order valence-corrected chi connectivity index (χ4v) is 2.76. The molecule has 0 N–H and O–H groups in total. The van der Waals surface area contributed by atoms with Crippen LogP contribution in [0, 0.1) is 11.3 Å². The molecule has 0 fully saturated rings. The highest BCUT2D eigenvalue weighted by Crippen LogP contribution is 2.36. The van der Waals surface area contributed by atoms with Gasteiger partial charge < -0.3 is 18.9 Å². The summed E-state index contributed by atoms with van der Waals surface area (Å²) >= 11 is 0. The first-order chi connectivity index (χ1) is 14.5. The van der Waals surface area contributed by atoms with Gasteiger partial charge in [-0.1, -0.05) is 30.3 Å². The van der Waals surface area contributed by atoms with Crippen LogP contribution < -0.4 is 9.47 Å². The lowest BCUT2D eigenvalue weighted by atomic mass is 9.95. The Bertz CT molecular complexity index is 1100. The number of benzene rings is 2. The number of carbonyl (C=O) groups is 1. The SMILES string of the molecule is COC(=O)C(C)(OC)c1ccccc1Oc1cc(Oc2ccccc2C#N)ncn1. The van der Waals surface area contributed by atoms with E-state index in [4.69, 9.17) is 18.9 Å². The van der Waals surface area contributed by atoms with Crippen molar-refractivity contribution in [2.45, 2.75) is 12.5 Å². The first-order valence-corrected chi connectivity index (χ1v) is 8.91. The summed E-state index contributed by atoms with van der Waals surface area (Å²) in [5.41, 5.74) is -0.531. The van der Waals surface area contributed by atoms with Crippen molar-refractivity contribution < 1.29 is 23.7 Å². The Labute approximate surface area is 173 Å². The molecule has 0 aliphatic heterocycles. The van der Waals surface area contributed by atoms with Crippen LogP contribution in [0.3, 0.4) is 0 Å². The molecule has 0 spiro atoms. The number of nitriles is 1. The molecular weight excluding hydrogens is 386 g/mol. The van der Waals surface area contributed by atoms with Crippen LogP contribution in [0.25, 0.3) is 0 Å². The molecule has 0 radical (unpaired) electrons. The van der Waals surface area contributed by atoms with Gasteiger partial charge in [0, 0.05) is 12.7 Å². The van der Waals surface area contributed by atoms with Crippen LogP contribution >= 0.6 is 0 Å². The quantitative estimate of drug-likeness (QED) is 0.544. The van der Waals surface area contributed by atoms with Crippen molar-refractivity contribution in [3.63, 3.8) is 0 Å². The highest BCUT2D eigenvalue weighted by Gasteiger charge is 2.39. The van der Waals surface area contributed by atoms with Crippen LogP contribution in [-0.2, 0) is 19.9 Å². The highest BCUT2D eigenvalue weighted by atomic mass is 16.6. The number of ether oxygens (including phenoxy) is 4. The van der Waals surface area contributed by atoms with Gasteiger partial charge in [0.05, 0.1) is 18.7 Å². The summed E-state index contributed by atoms with van der Waals surface area (Å²) in [7, 11) is 2.70. The summed E-state index contributed by atoms with van der Waals surface area (Å²) in [5, 5.41) is 9.20. The summed E-state index contributed by atoms with van der Waals surface area (Å²) < 4.78 is 21.9. The van der Waals surface area contributed by atoms with E-state index >= 15 is 0 Å². The monoisotopic (exact) mass is 405 g/mol. The molecule has 3 rings (SSSR count). The van der Waals surface area contributed by atoms with Gasteiger partial charge in [-0.05, 0) is 25.1 Å². The van der Waals surface area contributed by atoms with Crippen LogP contribution in [0.4, 0.5) is 0 Å². The average Bonchev–Trinajstić information content (AvgIpc) is 2.79. The molecule has 30 heavy (non-hydrogen) atoms. The van der Waals surface area contributed by atoms with Crippen molar-refractivity contribution in [1.82, 2.24) is 9.97 Å². The zero-order valence-electron chi connectivity index (χ0n) is 16.7. The molecule has 1 unspecified atom stereocenters. The van der Waals surface area contributed by atoms with Crippen molar-refractivity contribution in [2.24, 2.45) is 0 Å². The van der Waals surface area contributed by atoms with E-state index in [1.54, 1.807) is 55.5 Å². The molecule has 1 aromatic heterocycles. The van der Waals surface area contributed by atoms with Crippen molar-refractivity contribution in [3.8, 4) is 29.3 Å². The van der Waals surface area contributed by atoms with Crippen LogP contribution in [0.15, 0.2) is 60.9 Å². The van der Waals surface area contributed by atoms with Gasteiger partial charge in [-0.3, -0.25) is 0 Å². The van der Waals surface area contributed by atoms with Gasteiger partial charge >= 0.3 is 5.97 Å². The molecule has 3 aromatic rings. The minimum absolute atomic E-state index is 0.185. The molecule has 0 aliphatic carbocycles. The fraction of sp³-hybridized carbons (Fsp3) is 0.182. The maximum Gasteiger partial charge on any atom is 0.342 e. The first-order valence-electron chi connectivity index (χ1n) is 8.91. The summed E-state index contributed by atoms with van der Waals surface area (Å²) in [5.74, 6) is 0.533. The predicted molar refractivity (Wildman–Crippen MR) is 106 cm³/mol. The number of esters is 1. The molecule has 0 saturated heterocycles. The van der Waals surface area contributed by atoms with Gasteiger partial charge in [-0.15, -0.1) is 0 Å². The minimum Gasteiger partial charge on any atom is -0.467 e. The Morgan fingerprint density at radius 3 is 2.20 bits per heavy atom. The van der Waals surface area contributed by atoms with Gasteiger partial charge in [-0.2, -0.15) is 5.26 Å². The van der Waals surface area contributed by atoms with Gasteiger partial charge in [0.1, 0.15) is 23.9 Å². The van der Waals surface area contributed by atoms with Crippen LogP contribution in [0.2, 0.25) is 0 Å². The molecule has 8 nitrogen and oxygen atoms in total. The third kappa shape index (κ3) is 4.21. The number of carbonyl (C=O) groups excluding carboxylic acids is 1. The lowest BCUT2D eigenvalue weighted by Gasteiger charge is -2.27. The summed E-state index contributed by atoms with van der Waals surface area (Å²) in [6.07, 6.45) is 1.28. The number of nitrogens with zero attached hydrogens (tertiary/aromatic N) is 3.